The van der Waals surface area contributed by atoms with Gasteiger partial charge in [-0.1, -0.05) is 121 Å². The second-order valence-corrected chi connectivity index (χ2v) is 15.9. The van der Waals surface area contributed by atoms with Gasteiger partial charge in [0.05, 0.1) is 12.2 Å². The van der Waals surface area contributed by atoms with Crippen LogP contribution in [0.3, 0.4) is 0 Å². The van der Waals surface area contributed by atoms with Crippen molar-refractivity contribution in [2.24, 2.45) is 0 Å². The number of rotatable bonds is 10. The summed E-state index contributed by atoms with van der Waals surface area (Å²) in [5, 5.41) is 4.90. The molecule has 2 aliphatic rings. The number of carbonyl (C=O) groups is 2. The zero-order valence-corrected chi connectivity index (χ0v) is 30.9. The largest absolute Gasteiger partial charge is 0.462 e. The standard InChI is InChI=1S/2C21H20O2P.Fe/c2*1-16(2)23-21(22)19-14-9-15-20(19)24(17-10-5-3-6-11-17)18-12-7-4-8-13-18;/h2*3-16H,1-2H3;. The first-order valence-electron chi connectivity index (χ1n) is 16.1. The monoisotopic (exact) mass is 726 g/mol. The van der Waals surface area contributed by atoms with Crippen LogP contribution in [0.15, 0.2) is 121 Å². The van der Waals surface area contributed by atoms with Crippen LogP contribution in [0.2, 0.25) is 0 Å². The number of benzene rings is 4. The molecule has 0 saturated heterocycles. The van der Waals surface area contributed by atoms with E-state index >= 15 is 0 Å². The summed E-state index contributed by atoms with van der Waals surface area (Å²) in [6.45, 7) is 7.49. The molecule has 2 saturated carbocycles. The molecule has 0 unspecified atom stereocenters. The minimum Gasteiger partial charge on any atom is -0.462 e. The Bertz CT molecular complexity index is 1360. The number of hydrogen-bond donors (Lipinski definition) is 0. The van der Waals surface area contributed by atoms with Crippen LogP contribution in [0.4, 0.5) is 0 Å². The fraction of sp³-hybridized carbons (Fsp3) is 0.143. The van der Waals surface area contributed by atoms with E-state index in [0.717, 1.165) is 11.3 Å². The third kappa shape index (κ3) is 10.6. The molecule has 2 fully saturated rings. The molecule has 0 bridgehead atoms. The molecule has 0 heterocycles. The summed E-state index contributed by atoms with van der Waals surface area (Å²) in [7, 11) is -1.58. The Morgan fingerprint density at radius 3 is 0.959 bits per heavy atom. The molecule has 0 aliphatic heterocycles. The predicted octanol–water partition coefficient (Wildman–Crippen LogP) is 7.61. The van der Waals surface area contributed by atoms with Gasteiger partial charge in [-0.05, 0) is 103 Å². The maximum atomic E-state index is 12.5. The molecule has 49 heavy (non-hydrogen) atoms. The van der Waals surface area contributed by atoms with Gasteiger partial charge in [0.25, 0.3) is 0 Å². The molecule has 0 atom stereocenters. The first kappa shape index (κ1) is 39.0. The first-order valence-corrected chi connectivity index (χ1v) is 18.8. The number of ether oxygens (including phenoxy) is 2. The molecule has 4 aromatic rings. The van der Waals surface area contributed by atoms with E-state index in [2.05, 4.69) is 48.5 Å². The van der Waals surface area contributed by atoms with Crippen molar-refractivity contribution in [2.45, 2.75) is 39.9 Å². The van der Waals surface area contributed by atoms with E-state index in [1.807, 2.05) is 139 Å². The molecular weight excluding hydrogens is 686 g/mol. The number of carbonyl (C=O) groups excluding carboxylic acids is 2. The average molecular weight is 727 g/mol. The van der Waals surface area contributed by atoms with Crippen LogP contribution in [0.1, 0.15) is 27.7 Å². The third-order valence-electron chi connectivity index (χ3n) is 7.25. The molecule has 2 aliphatic carbocycles. The minimum atomic E-state index is -0.788. The van der Waals surface area contributed by atoms with Gasteiger partial charge in [-0.3, -0.25) is 9.59 Å². The van der Waals surface area contributed by atoms with Crippen LogP contribution in [0.5, 0.6) is 0 Å². The average Bonchev–Trinajstić information content (AvgIpc) is 3.78. The molecule has 7 heteroatoms. The molecule has 0 amide bonds. The Kier molecular flexibility index (Phi) is 15.6. The molecule has 4 nitrogen and oxygen atoms in total. The summed E-state index contributed by atoms with van der Waals surface area (Å²) in [5.41, 5.74) is 2.10. The fourth-order valence-electron chi connectivity index (χ4n) is 5.27. The zero-order chi connectivity index (χ0) is 33.9. The third-order valence-corrected chi connectivity index (χ3v) is 12.3. The molecule has 10 radical (unpaired) electrons. The fourth-order valence-corrected chi connectivity index (χ4v) is 10.1. The van der Waals surface area contributed by atoms with E-state index in [9.17, 15) is 9.59 Å². The van der Waals surface area contributed by atoms with Crippen molar-refractivity contribution in [1.82, 2.24) is 0 Å². The second-order valence-electron chi connectivity index (χ2n) is 11.6. The van der Waals surface area contributed by atoms with Crippen LogP contribution >= 0.6 is 15.8 Å². The van der Waals surface area contributed by atoms with E-state index in [0.29, 0.717) is 11.8 Å². The molecule has 0 spiro atoms. The maximum Gasteiger partial charge on any atom is 0.314 e. The Hall–Kier alpha value is -2.80. The smallest absolute Gasteiger partial charge is 0.314 e. The van der Waals surface area contributed by atoms with Crippen LogP contribution in [0.25, 0.3) is 0 Å². The summed E-state index contributed by atoms with van der Waals surface area (Å²) in [6, 6.07) is 41.4. The van der Waals surface area contributed by atoms with Crippen molar-refractivity contribution >= 4 is 49.0 Å². The Labute approximate surface area is 306 Å². The van der Waals surface area contributed by atoms with Gasteiger partial charge in [-0.25, -0.2) is 0 Å². The molecule has 6 rings (SSSR count). The molecule has 0 aromatic heterocycles. The van der Waals surface area contributed by atoms with Crippen molar-refractivity contribution in [3.05, 3.63) is 183 Å². The summed E-state index contributed by atoms with van der Waals surface area (Å²) in [4.78, 5) is 25.0. The van der Waals surface area contributed by atoms with Crippen molar-refractivity contribution in [2.75, 3.05) is 0 Å². The second kappa shape index (κ2) is 19.6. The predicted molar refractivity (Wildman–Crippen MR) is 199 cm³/mol. The van der Waals surface area contributed by atoms with Crippen molar-refractivity contribution in [3.8, 4) is 0 Å². The van der Waals surface area contributed by atoms with Crippen molar-refractivity contribution in [1.29, 1.82) is 0 Å². The Morgan fingerprint density at radius 1 is 0.449 bits per heavy atom. The van der Waals surface area contributed by atoms with Crippen LogP contribution in [-0.4, -0.2) is 24.1 Å². The number of esters is 2. The molecular formula is C42H40FeO4P2. The summed E-state index contributed by atoms with van der Waals surface area (Å²) in [6.07, 6.45) is 11.4. The topological polar surface area (TPSA) is 52.6 Å². The molecule has 4 aromatic carbocycles. The van der Waals surface area contributed by atoms with E-state index in [1.54, 1.807) is 0 Å². The van der Waals surface area contributed by atoms with Gasteiger partial charge >= 0.3 is 11.9 Å². The van der Waals surface area contributed by atoms with E-state index in [1.165, 1.54) is 21.2 Å². The SMILES string of the molecule is CC(C)OC(=O)[C]1[CH][CH][CH][C]1P(c1ccccc1)c1ccccc1.CC(C)OC(=O)[C]1[CH][CH][CH][C]1P(c1ccccc1)c1ccccc1.[Fe]. The summed E-state index contributed by atoms with van der Waals surface area (Å²) >= 11 is 0. The van der Waals surface area contributed by atoms with Gasteiger partial charge in [0.15, 0.2) is 0 Å². The maximum absolute atomic E-state index is 12.5. The molecule has 0 N–H and O–H groups in total. The van der Waals surface area contributed by atoms with Crippen LogP contribution in [-0.2, 0) is 36.1 Å². The first-order chi connectivity index (χ1) is 23.3. The van der Waals surface area contributed by atoms with E-state index in [-0.39, 0.29) is 41.2 Å². The van der Waals surface area contributed by atoms with E-state index in [4.69, 9.17) is 9.47 Å². The van der Waals surface area contributed by atoms with Gasteiger partial charge in [0.2, 0.25) is 0 Å². The van der Waals surface area contributed by atoms with Gasteiger partial charge in [0.1, 0.15) is 11.8 Å². The Balaban J connectivity index is 0.000000216. The number of hydrogen-bond acceptors (Lipinski definition) is 4. The molecule has 250 valence electrons. The van der Waals surface area contributed by atoms with Crippen LogP contribution in [0, 0.1) is 61.7 Å². The quantitative estimate of drug-likeness (QED) is 0.0960. The zero-order valence-electron chi connectivity index (χ0n) is 28.0. The normalized spacial score (nSPS) is 15.7. The summed E-state index contributed by atoms with van der Waals surface area (Å²) < 4.78 is 10.9. The van der Waals surface area contributed by atoms with Crippen molar-refractivity contribution < 1.29 is 36.1 Å². The Morgan fingerprint density at radius 2 is 0.714 bits per heavy atom. The van der Waals surface area contributed by atoms with E-state index < -0.39 is 15.8 Å². The van der Waals surface area contributed by atoms with Crippen LogP contribution < -0.4 is 21.2 Å². The van der Waals surface area contributed by atoms with Gasteiger partial charge in [-0.2, -0.15) is 0 Å². The van der Waals surface area contributed by atoms with Gasteiger partial charge < -0.3 is 9.47 Å². The van der Waals surface area contributed by atoms with Crippen molar-refractivity contribution in [3.63, 3.8) is 0 Å². The summed E-state index contributed by atoms with van der Waals surface area (Å²) in [5.74, 6) is 0.846. The van der Waals surface area contributed by atoms with Gasteiger partial charge in [0, 0.05) is 28.4 Å². The minimum absolute atomic E-state index is 0. The van der Waals surface area contributed by atoms with Gasteiger partial charge in [-0.15, -0.1) is 0 Å².